The van der Waals surface area contributed by atoms with Crippen molar-refractivity contribution in [3.05, 3.63) is 24.3 Å². The van der Waals surface area contributed by atoms with Crippen molar-refractivity contribution >= 4 is 17.6 Å². The zero-order valence-corrected chi connectivity index (χ0v) is 16.6. The minimum Gasteiger partial charge on any atom is -0.497 e. The molecular formula is C21H30N4O3. The molecule has 2 heterocycles. The van der Waals surface area contributed by atoms with E-state index in [2.05, 4.69) is 15.1 Å². The zero-order chi connectivity index (χ0) is 19.5. The fourth-order valence-corrected chi connectivity index (χ4v) is 4.18. The molecule has 3 fully saturated rings. The number of rotatable bonds is 5. The molecule has 1 aromatic carbocycles. The van der Waals surface area contributed by atoms with Crippen molar-refractivity contribution in [3.8, 4) is 5.75 Å². The molecule has 1 aromatic rings. The molecule has 3 amide bonds. The van der Waals surface area contributed by atoms with Gasteiger partial charge in [0.05, 0.1) is 13.2 Å². The average Bonchev–Trinajstić information content (AvgIpc) is 3.49. The lowest BCUT2D eigenvalue weighted by molar-refractivity contribution is -0.132. The summed E-state index contributed by atoms with van der Waals surface area (Å²) in [5.41, 5.74) is 0.758. The van der Waals surface area contributed by atoms with Crippen molar-refractivity contribution in [2.75, 3.05) is 51.7 Å². The lowest BCUT2D eigenvalue weighted by Gasteiger charge is -2.26. The molecular weight excluding hydrogens is 356 g/mol. The third-order valence-electron chi connectivity index (χ3n) is 6.04. The third kappa shape index (κ3) is 4.41. The average molecular weight is 386 g/mol. The van der Waals surface area contributed by atoms with Crippen molar-refractivity contribution < 1.29 is 14.3 Å². The first-order valence-electron chi connectivity index (χ1n) is 10.4. The molecule has 0 spiro atoms. The van der Waals surface area contributed by atoms with E-state index in [0.717, 1.165) is 56.4 Å². The van der Waals surface area contributed by atoms with Crippen molar-refractivity contribution in [1.82, 2.24) is 14.7 Å². The number of likely N-dealkylation sites (tertiary alicyclic amines) is 1. The maximum Gasteiger partial charge on any atom is 0.321 e. The Balaban J connectivity index is 1.29. The van der Waals surface area contributed by atoms with Gasteiger partial charge in [0.25, 0.3) is 0 Å². The smallest absolute Gasteiger partial charge is 0.321 e. The van der Waals surface area contributed by atoms with E-state index in [0.29, 0.717) is 19.0 Å². The summed E-state index contributed by atoms with van der Waals surface area (Å²) in [6.45, 7) is 4.82. The van der Waals surface area contributed by atoms with Crippen LogP contribution in [0.15, 0.2) is 24.3 Å². The van der Waals surface area contributed by atoms with Crippen molar-refractivity contribution in [2.45, 2.75) is 31.7 Å². The van der Waals surface area contributed by atoms with E-state index in [-0.39, 0.29) is 12.1 Å². The first-order valence-corrected chi connectivity index (χ1v) is 10.4. The number of anilines is 1. The first kappa shape index (κ1) is 19.1. The summed E-state index contributed by atoms with van der Waals surface area (Å²) in [5, 5.41) is 2.96. The normalized spacial score (nSPS) is 23.6. The van der Waals surface area contributed by atoms with Gasteiger partial charge in [-0.3, -0.25) is 9.69 Å². The standard InChI is InChI=1S/C21H30N4O3/c1-28-18-7-5-17(6-8-18)22-21(27)24-11-2-10-23(13-14-24)19-9-12-25(20(19)26)15-16-3-4-16/h5-8,16,19H,2-4,9-15H2,1H3,(H,22,27). The number of nitrogens with zero attached hydrogens (tertiary/aromatic N) is 3. The minimum atomic E-state index is -0.0832. The summed E-state index contributed by atoms with van der Waals surface area (Å²) in [7, 11) is 1.62. The Morgan fingerprint density at radius 1 is 1.07 bits per heavy atom. The van der Waals surface area contributed by atoms with Gasteiger partial charge in [-0.2, -0.15) is 0 Å². The van der Waals surface area contributed by atoms with E-state index in [1.54, 1.807) is 7.11 Å². The number of hydrogen-bond acceptors (Lipinski definition) is 4. The Bertz CT molecular complexity index is 704. The third-order valence-corrected chi connectivity index (χ3v) is 6.04. The highest BCUT2D eigenvalue weighted by molar-refractivity contribution is 5.89. The maximum atomic E-state index is 12.8. The van der Waals surface area contributed by atoms with Gasteiger partial charge < -0.3 is 19.9 Å². The SMILES string of the molecule is COc1ccc(NC(=O)N2CCCN(C3CCN(CC4CC4)C3=O)CC2)cc1. The Kier molecular flexibility index (Phi) is 5.71. The van der Waals surface area contributed by atoms with Gasteiger partial charge in [0.2, 0.25) is 5.91 Å². The van der Waals surface area contributed by atoms with Gasteiger partial charge in [0, 0.05) is 45.0 Å². The first-order chi connectivity index (χ1) is 13.6. The van der Waals surface area contributed by atoms with Crippen LogP contribution in [0.5, 0.6) is 5.75 Å². The van der Waals surface area contributed by atoms with E-state index >= 15 is 0 Å². The summed E-state index contributed by atoms with van der Waals surface area (Å²) in [5.74, 6) is 1.80. The monoisotopic (exact) mass is 386 g/mol. The predicted octanol–water partition coefficient (Wildman–Crippen LogP) is 2.25. The van der Waals surface area contributed by atoms with Crippen LogP contribution < -0.4 is 10.1 Å². The van der Waals surface area contributed by atoms with Crippen LogP contribution in [-0.2, 0) is 4.79 Å². The Labute approximate surface area is 166 Å². The second kappa shape index (κ2) is 8.39. The number of carbonyl (C=O) groups excluding carboxylic acids is 2. The molecule has 7 heteroatoms. The number of methoxy groups -OCH3 is 1. The second-order valence-corrected chi connectivity index (χ2v) is 8.07. The topological polar surface area (TPSA) is 65.1 Å². The molecule has 2 aliphatic heterocycles. The number of urea groups is 1. The van der Waals surface area contributed by atoms with Crippen LogP contribution in [0, 0.1) is 5.92 Å². The van der Waals surface area contributed by atoms with Crippen LogP contribution in [-0.4, -0.2) is 79.1 Å². The largest absolute Gasteiger partial charge is 0.497 e. The van der Waals surface area contributed by atoms with Crippen molar-refractivity contribution in [3.63, 3.8) is 0 Å². The summed E-state index contributed by atoms with van der Waals surface area (Å²) in [6.07, 6.45) is 4.36. The maximum absolute atomic E-state index is 12.8. The molecule has 1 atom stereocenters. The Hall–Kier alpha value is -2.28. The van der Waals surface area contributed by atoms with Crippen LogP contribution in [0.4, 0.5) is 10.5 Å². The Morgan fingerprint density at radius 2 is 1.86 bits per heavy atom. The van der Waals surface area contributed by atoms with Crippen LogP contribution in [0.1, 0.15) is 25.7 Å². The Morgan fingerprint density at radius 3 is 2.57 bits per heavy atom. The van der Waals surface area contributed by atoms with Gasteiger partial charge in [-0.15, -0.1) is 0 Å². The van der Waals surface area contributed by atoms with Crippen LogP contribution in [0.2, 0.25) is 0 Å². The van der Waals surface area contributed by atoms with Gasteiger partial charge in [0.15, 0.2) is 0 Å². The van der Waals surface area contributed by atoms with Gasteiger partial charge in [-0.1, -0.05) is 0 Å². The number of hydrogen-bond donors (Lipinski definition) is 1. The molecule has 28 heavy (non-hydrogen) atoms. The molecule has 152 valence electrons. The minimum absolute atomic E-state index is 0.00310. The molecule has 7 nitrogen and oxygen atoms in total. The van der Waals surface area contributed by atoms with Crippen LogP contribution in [0.3, 0.4) is 0 Å². The van der Waals surface area contributed by atoms with Gasteiger partial charge in [-0.25, -0.2) is 4.79 Å². The number of nitrogens with one attached hydrogen (secondary N) is 1. The molecule has 0 radical (unpaired) electrons. The highest BCUT2D eigenvalue weighted by Gasteiger charge is 2.38. The zero-order valence-electron chi connectivity index (χ0n) is 16.6. The molecule has 4 rings (SSSR count). The summed E-state index contributed by atoms with van der Waals surface area (Å²) >= 11 is 0. The number of amides is 3. The fraction of sp³-hybridized carbons (Fsp3) is 0.619. The van der Waals surface area contributed by atoms with E-state index in [9.17, 15) is 9.59 Å². The molecule has 0 aromatic heterocycles. The van der Waals surface area contributed by atoms with E-state index in [1.165, 1.54) is 12.8 Å². The lowest BCUT2D eigenvalue weighted by atomic mass is 10.2. The molecule has 1 saturated carbocycles. The van der Waals surface area contributed by atoms with Gasteiger partial charge in [-0.05, 0) is 55.9 Å². The van der Waals surface area contributed by atoms with Crippen LogP contribution >= 0.6 is 0 Å². The van der Waals surface area contributed by atoms with E-state index in [1.807, 2.05) is 29.2 Å². The lowest BCUT2D eigenvalue weighted by Crippen LogP contribution is -2.44. The summed E-state index contributed by atoms with van der Waals surface area (Å²) in [4.78, 5) is 31.6. The van der Waals surface area contributed by atoms with Crippen molar-refractivity contribution in [2.24, 2.45) is 5.92 Å². The molecule has 0 bridgehead atoms. The molecule has 1 unspecified atom stereocenters. The second-order valence-electron chi connectivity index (χ2n) is 8.07. The predicted molar refractivity (Wildman–Crippen MR) is 107 cm³/mol. The van der Waals surface area contributed by atoms with Crippen LogP contribution in [0.25, 0.3) is 0 Å². The van der Waals surface area contributed by atoms with Gasteiger partial charge >= 0.3 is 6.03 Å². The summed E-state index contributed by atoms with van der Waals surface area (Å²) < 4.78 is 5.15. The quantitative estimate of drug-likeness (QED) is 0.843. The summed E-state index contributed by atoms with van der Waals surface area (Å²) in [6, 6.07) is 7.26. The number of benzene rings is 1. The molecule has 2 saturated heterocycles. The van der Waals surface area contributed by atoms with E-state index < -0.39 is 0 Å². The van der Waals surface area contributed by atoms with Crippen molar-refractivity contribution in [1.29, 1.82) is 0 Å². The highest BCUT2D eigenvalue weighted by atomic mass is 16.5. The molecule has 1 N–H and O–H groups in total. The number of carbonyl (C=O) groups is 2. The fourth-order valence-electron chi connectivity index (χ4n) is 4.18. The molecule has 1 aliphatic carbocycles. The van der Waals surface area contributed by atoms with E-state index in [4.69, 9.17) is 4.74 Å². The van der Waals surface area contributed by atoms with Gasteiger partial charge in [0.1, 0.15) is 5.75 Å². The highest BCUT2D eigenvalue weighted by Crippen LogP contribution is 2.31. The number of ether oxygens (including phenoxy) is 1. The molecule has 3 aliphatic rings.